The summed E-state index contributed by atoms with van der Waals surface area (Å²) in [5.41, 5.74) is 0.194. The molecule has 1 heterocycles. The lowest BCUT2D eigenvalue weighted by molar-refractivity contribution is 0.0297. The Kier molecular flexibility index (Phi) is 4.94. The summed E-state index contributed by atoms with van der Waals surface area (Å²) >= 11 is 0. The van der Waals surface area contributed by atoms with Crippen molar-refractivity contribution in [3.63, 3.8) is 0 Å². The summed E-state index contributed by atoms with van der Waals surface area (Å²) in [7, 11) is 0. The maximum atomic E-state index is 12.7. The Morgan fingerprint density at radius 2 is 1.11 bits per heavy atom. The third-order valence-electron chi connectivity index (χ3n) is 7.52. The minimum Gasteiger partial charge on any atom is -0.507 e. The van der Waals surface area contributed by atoms with Crippen molar-refractivity contribution in [2.75, 3.05) is 0 Å². The number of aromatic hydroxyl groups is 6. The molecule has 9 nitrogen and oxygen atoms in total. The lowest BCUT2D eigenvalue weighted by Crippen LogP contribution is -2.25. The molecule has 0 bridgehead atoms. The Morgan fingerprint density at radius 1 is 0.632 bits per heavy atom. The maximum absolute atomic E-state index is 12.7. The second kappa shape index (κ2) is 7.92. The number of ketones is 1. The van der Waals surface area contributed by atoms with Crippen LogP contribution in [0.4, 0.5) is 0 Å². The molecule has 0 spiro atoms. The van der Waals surface area contributed by atoms with Crippen molar-refractivity contribution < 1.29 is 45.0 Å². The number of rotatable bonds is 1. The highest BCUT2D eigenvalue weighted by Crippen LogP contribution is 2.55. The highest BCUT2D eigenvalue weighted by molar-refractivity contribution is 6.13. The summed E-state index contributed by atoms with van der Waals surface area (Å²) in [4.78, 5) is 25.2. The monoisotopic (exact) mass is 516 g/mol. The molecule has 0 fully saturated rings. The molecule has 0 radical (unpaired) electrons. The largest absolute Gasteiger partial charge is 0.507 e. The van der Waals surface area contributed by atoms with Crippen LogP contribution >= 0.6 is 0 Å². The van der Waals surface area contributed by atoms with Crippen LogP contribution in [0.15, 0.2) is 24.3 Å². The predicted octanol–water partition coefficient (Wildman–Crippen LogP) is 4.76. The van der Waals surface area contributed by atoms with Gasteiger partial charge >= 0.3 is 5.97 Å². The predicted molar refractivity (Wildman–Crippen MR) is 137 cm³/mol. The number of phenolic OH excluding ortho intramolecular Hbond substituents is 6. The topological polar surface area (TPSA) is 165 Å². The van der Waals surface area contributed by atoms with Crippen LogP contribution < -0.4 is 0 Å². The Hall–Kier alpha value is -4.66. The van der Waals surface area contributed by atoms with E-state index >= 15 is 0 Å². The zero-order chi connectivity index (χ0) is 27.2. The maximum Gasteiger partial charge on any atom is 0.342 e. The van der Waals surface area contributed by atoms with E-state index < -0.39 is 57.7 Å². The van der Waals surface area contributed by atoms with Crippen molar-refractivity contribution in [1.29, 1.82) is 0 Å². The summed E-state index contributed by atoms with van der Waals surface area (Å²) in [5.74, 6) is -4.45. The summed E-state index contributed by atoms with van der Waals surface area (Å²) in [5, 5.41) is 66.6. The second-order valence-corrected chi connectivity index (χ2v) is 10.3. The molecule has 1 aliphatic carbocycles. The van der Waals surface area contributed by atoms with Crippen molar-refractivity contribution in [3.8, 4) is 45.6 Å². The van der Waals surface area contributed by atoms with Gasteiger partial charge in [-0.1, -0.05) is 6.92 Å². The number of carbonyl (C=O) groups excluding carboxylic acids is 2. The normalized spacial score (nSPS) is 18.9. The lowest BCUT2D eigenvalue weighted by Gasteiger charge is -2.24. The molecule has 2 atom stereocenters. The molecule has 0 saturated heterocycles. The van der Waals surface area contributed by atoms with Crippen molar-refractivity contribution in [1.82, 2.24) is 0 Å². The first-order chi connectivity index (χ1) is 18.0. The minimum absolute atomic E-state index is 0.0683. The number of esters is 1. The van der Waals surface area contributed by atoms with Gasteiger partial charge in [-0.15, -0.1) is 0 Å². The van der Waals surface area contributed by atoms with Gasteiger partial charge in [-0.05, 0) is 65.4 Å². The molecule has 1 aliphatic heterocycles. The van der Waals surface area contributed by atoms with Crippen molar-refractivity contribution in [3.05, 3.63) is 46.5 Å². The van der Waals surface area contributed by atoms with Crippen LogP contribution in [0, 0.1) is 5.92 Å². The molecule has 0 amide bonds. The molecule has 6 N–H and O–H groups in total. The first-order valence-corrected chi connectivity index (χ1v) is 12.2. The van der Waals surface area contributed by atoms with Gasteiger partial charge in [0.2, 0.25) is 0 Å². The Balaban J connectivity index is 1.66. The summed E-state index contributed by atoms with van der Waals surface area (Å²) in [6, 6.07) is 5.65. The SMILES string of the molecule is CC1CC(=O)c2c(cc3cc(O)c(-c4c(O)cc5cc6c(c(O)c5c4O)C(=O)OC(C)C6)c(O)c3c2O)C1. The van der Waals surface area contributed by atoms with E-state index in [2.05, 4.69) is 0 Å². The summed E-state index contributed by atoms with van der Waals surface area (Å²) < 4.78 is 5.22. The van der Waals surface area contributed by atoms with E-state index in [-0.39, 0.29) is 50.8 Å². The molecular weight excluding hydrogens is 492 g/mol. The average Bonchev–Trinajstić information content (AvgIpc) is 2.79. The van der Waals surface area contributed by atoms with Crippen LogP contribution in [0.1, 0.15) is 52.1 Å². The Labute approximate surface area is 215 Å². The van der Waals surface area contributed by atoms with E-state index in [0.717, 1.165) is 0 Å². The van der Waals surface area contributed by atoms with Gasteiger partial charge in [0.15, 0.2) is 5.78 Å². The first-order valence-electron chi connectivity index (χ1n) is 12.2. The molecule has 0 saturated carbocycles. The highest BCUT2D eigenvalue weighted by Gasteiger charge is 2.33. The van der Waals surface area contributed by atoms with Gasteiger partial charge in [0.05, 0.1) is 27.5 Å². The van der Waals surface area contributed by atoms with E-state index in [0.29, 0.717) is 24.0 Å². The molecule has 4 aromatic carbocycles. The molecule has 9 heteroatoms. The lowest BCUT2D eigenvalue weighted by atomic mass is 9.81. The molecule has 6 rings (SSSR count). The number of hydrogen-bond acceptors (Lipinski definition) is 9. The summed E-state index contributed by atoms with van der Waals surface area (Å²) in [6.45, 7) is 3.62. The van der Waals surface area contributed by atoms with Crippen LogP contribution in [0.3, 0.4) is 0 Å². The van der Waals surface area contributed by atoms with E-state index in [1.807, 2.05) is 6.92 Å². The second-order valence-electron chi connectivity index (χ2n) is 10.3. The molecular formula is C29H24O9. The fraction of sp³-hybridized carbons (Fsp3) is 0.241. The molecule has 2 aliphatic rings. The van der Waals surface area contributed by atoms with Crippen molar-refractivity contribution in [2.45, 2.75) is 39.2 Å². The van der Waals surface area contributed by atoms with E-state index in [1.165, 1.54) is 12.1 Å². The van der Waals surface area contributed by atoms with Gasteiger partial charge < -0.3 is 35.4 Å². The van der Waals surface area contributed by atoms with Crippen LogP contribution in [0.25, 0.3) is 32.7 Å². The van der Waals surface area contributed by atoms with Crippen LogP contribution in [0.2, 0.25) is 0 Å². The number of cyclic esters (lactones) is 1. The molecule has 38 heavy (non-hydrogen) atoms. The zero-order valence-electron chi connectivity index (χ0n) is 20.5. The minimum atomic E-state index is -0.766. The molecule has 194 valence electrons. The Bertz CT molecular complexity index is 1620. The third kappa shape index (κ3) is 3.17. The van der Waals surface area contributed by atoms with Crippen molar-refractivity contribution in [2.24, 2.45) is 5.92 Å². The fourth-order valence-electron chi connectivity index (χ4n) is 5.96. The average molecular weight is 517 g/mol. The van der Waals surface area contributed by atoms with Crippen molar-refractivity contribution >= 4 is 33.3 Å². The van der Waals surface area contributed by atoms with Crippen LogP contribution in [-0.2, 0) is 17.6 Å². The number of ether oxygens (including phenoxy) is 1. The van der Waals surface area contributed by atoms with Crippen LogP contribution in [0.5, 0.6) is 34.5 Å². The number of fused-ring (bicyclic) bond motifs is 4. The van der Waals surface area contributed by atoms with E-state index in [1.54, 1.807) is 19.1 Å². The fourth-order valence-corrected chi connectivity index (χ4v) is 5.96. The zero-order valence-corrected chi connectivity index (χ0v) is 20.5. The van der Waals surface area contributed by atoms with Gasteiger partial charge in [0.1, 0.15) is 46.2 Å². The van der Waals surface area contributed by atoms with Crippen LogP contribution in [-0.4, -0.2) is 48.5 Å². The standard InChI is InChI=1S/C29H24O9/c1-10-3-12-6-14-8-17(31)23(27(35)20(14)25(33)19(12)16(30)4-10)24-18(32)9-15-7-13-5-11(2)38-29(37)22(13)26(34)21(15)28(24)36/h6-11,31-36H,3-5H2,1-2H3. The number of carbonyl (C=O) groups is 2. The number of Topliss-reactive ketones (excluding diaryl/α,β-unsaturated/α-hetero) is 1. The molecule has 4 aromatic rings. The first kappa shape index (κ1) is 23.7. The third-order valence-corrected chi connectivity index (χ3v) is 7.52. The number of hydrogen-bond donors (Lipinski definition) is 6. The van der Waals surface area contributed by atoms with E-state index in [9.17, 15) is 40.2 Å². The van der Waals surface area contributed by atoms with E-state index in [4.69, 9.17) is 4.74 Å². The molecule has 2 unspecified atom stereocenters. The Morgan fingerprint density at radius 3 is 1.66 bits per heavy atom. The van der Waals surface area contributed by atoms with Gasteiger partial charge in [-0.25, -0.2) is 4.79 Å². The van der Waals surface area contributed by atoms with Gasteiger partial charge in [0.25, 0.3) is 0 Å². The molecule has 0 aromatic heterocycles. The number of phenols is 6. The smallest absolute Gasteiger partial charge is 0.342 e. The highest BCUT2D eigenvalue weighted by atomic mass is 16.5. The van der Waals surface area contributed by atoms with Gasteiger partial charge in [0, 0.05) is 12.8 Å². The summed E-state index contributed by atoms with van der Waals surface area (Å²) in [6.07, 6.45) is 0.661. The number of benzene rings is 4. The quantitative estimate of drug-likeness (QED) is 0.196. The van der Waals surface area contributed by atoms with Gasteiger partial charge in [-0.3, -0.25) is 4.79 Å². The van der Waals surface area contributed by atoms with Gasteiger partial charge in [-0.2, -0.15) is 0 Å².